The van der Waals surface area contributed by atoms with E-state index in [2.05, 4.69) is 0 Å². The number of aliphatic carboxylic acids is 1. The van der Waals surface area contributed by atoms with Gasteiger partial charge in [0.2, 0.25) is 0 Å². The third kappa shape index (κ3) is 4.39. The van der Waals surface area contributed by atoms with Crippen molar-refractivity contribution in [1.29, 1.82) is 0 Å². The Morgan fingerprint density at radius 1 is 0.952 bits per heavy atom. The van der Waals surface area contributed by atoms with E-state index in [-0.39, 0.29) is 0 Å². The van der Waals surface area contributed by atoms with Gasteiger partial charge in [0.05, 0.1) is 0 Å². The minimum absolute atomic E-state index is 0.399. The first kappa shape index (κ1) is 15.2. The molecule has 0 bridgehead atoms. The average Bonchev–Trinajstić information content (AvgIpc) is 2.49. The number of carboxylic acid groups (broad SMARTS) is 1. The maximum absolute atomic E-state index is 13.1. The quantitative estimate of drug-likeness (QED) is 0.850. The summed E-state index contributed by atoms with van der Waals surface area (Å²) in [5.41, 5.74) is 1.93. The van der Waals surface area contributed by atoms with E-state index >= 15 is 0 Å². The fraction of sp³-hybridized carbons (Fsp3) is 0.235. The molecule has 2 aromatic carbocycles. The highest BCUT2D eigenvalue weighted by Crippen LogP contribution is 2.14. The van der Waals surface area contributed by atoms with Crippen LogP contribution in [0.25, 0.3) is 0 Å². The third-order valence-electron chi connectivity index (χ3n) is 3.33. The number of carbonyl (C=O) groups is 1. The Bertz CT molecular complexity index is 518. The summed E-state index contributed by atoms with van der Waals surface area (Å²) in [7, 11) is 0. The molecule has 110 valence electrons. The lowest BCUT2D eigenvalue weighted by Gasteiger charge is -2.27. The summed E-state index contributed by atoms with van der Waals surface area (Å²) in [6.07, 6.45) is 0. The molecule has 2 aromatic rings. The van der Waals surface area contributed by atoms with E-state index in [4.69, 9.17) is 0 Å². The zero-order chi connectivity index (χ0) is 15.1. The monoisotopic (exact) mass is 287 g/mol. The SMILES string of the molecule is O=C(O)[C@@H](CF)N(Cc1ccccc1)Cc1ccccc1. The molecule has 21 heavy (non-hydrogen) atoms. The van der Waals surface area contributed by atoms with Gasteiger partial charge in [-0.15, -0.1) is 0 Å². The molecule has 0 amide bonds. The lowest BCUT2D eigenvalue weighted by Crippen LogP contribution is -2.41. The first-order chi connectivity index (χ1) is 10.2. The lowest BCUT2D eigenvalue weighted by atomic mass is 10.1. The van der Waals surface area contributed by atoms with Crippen molar-refractivity contribution in [2.24, 2.45) is 0 Å². The molecule has 0 radical (unpaired) electrons. The van der Waals surface area contributed by atoms with Crippen molar-refractivity contribution < 1.29 is 14.3 Å². The van der Waals surface area contributed by atoms with Crippen LogP contribution in [0.3, 0.4) is 0 Å². The van der Waals surface area contributed by atoms with Gasteiger partial charge in [0, 0.05) is 13.1 Å². The van der Waals surface area contributed by atoms with Crippen molar-refractivity contribution in [3.05, 3.63) is 71.8 Å². The van der Waals surface area contributed by atoms with Crippen LogP contribution in [-0.4, -0.2) is 28.7 Å². The van der Waals surface area contributed by atoms with Gasteiger partial charge in [-0.3, -0.25) is 9.69 Å². The summed E-state index contributed by atoms with van der Waals surface area (Å²) in [4.78, 5) is 12.9. The van der Waals surface area contributed by atoms with Crippen LogP contribution < -0.4 is 0 Å². The van der Waals surface area contributed by atoms with Crippen molar-refractivity contribution in [2.45, 2.75) is 19.1 Å². The van der Waals surface area contributed by atoms with Crippen LogP contribution in [-0.2, 0) is 17.9 Å². The van der Waals surface area contributed by atoms with E-state index in [0.717, 1.165) is 11.1 Å². The molecule has 0 aliphatic carbocycles. The average molecular weight is 287 g/mol. The number of alkyl halides is 1. The maximum Gasteiger partial charge on any atom is 0.323 e. The summed E-state index contributed by atoms with van der Waals surface area (Å²) in [5, 5.41) is 9.22. The van der Waals surface area contributed by atoms with Gasteiger partial charge >= 0.3 is 5.97 Å². The molecule has 1 atom stereocenters. The molecular formula is C17H18FNO2. The Morgan fingerprint density at radius 2 is 1.38 bits per heavy atom. The lowest BCUT2D eigenvalue weighted by molar-refractivity contribution is -0.144. The zero-order valence-electron chi connectivity index (χ0n) is 11.7. The highest BCUT2D eigenvalue weighted by Gasteiger charge is 2.25. The van der Waals surface area contributed by atoms with Crippen LogP contribution in [0, 0.1) is 0 Å². The number of benzene rings is 2. The summed E-state index contributed by atoms with van der Waals surface area (Å²) in [6.45, 7) is -0.109. The predicted octanol–water partition coefficient (Wildman–Crippen LogP) is 3.11. The normalized spacial score (nSPS) is 12.3. The molecular weight excluding hydrogens is 269 g/mol. The van der Waals surface area contributed by atoms with Crippen LogP contribution in [0.1, 0.15) is 11.1 Å². The predicted molar refractivity (Wildman–Crippen MR) is 79.5 cm³/mol. The van der Waals surface area contributed by atoms with E-state index in [1.807, 2.05) is 60.7 Å². The minimum atomic E-state index is -1.13. The van der Waals surface area contributed by atoms with Crippen molar-refractivity contribution in [3.8, 4) is 0 Å². The zero-order valence-corrected chi connectivity index (χ0v) is 11.7. The number of halogens is 1. The number of hydrogen-bond acceptors (Lipinski definition) is 2. The van der Waals surface area contributed by atoms with Gasteiger partial charge in [0.1, 0.15) is 12.7 Å². The smallest absolute Gasteiger partial charge is 0.323 e. The number of hydrogen-bond donors (Lipinski definition) is 1. The van der Waals surface area contributed by atoms with E-state index < -0.39 is 18.7 Å². The van der Waals surface area contributed by atoms with Gasteiger partial charge < -0.3 is 5.11 Å². The van der Waals surface area contributed by atoms with Crippen LogP contribution in [0.4, 0.5) is 4.39 Å². The maximum atomic E-state index is 13.1. The summed E-state index contributed by atoms with van der Waals surface area (Å²) < 4.78 is 13.1. The van der Waals surface area contributed by atoms with Gasteiger partial charge in [-0.05, 0) is 11.1 Å². The first-order valence-corrected chi connectivity index (χ1v) is 6.81. The van der Waals surface area contributed by atoms with Crippen molar-refractivity contribution >= 4 is 5.97 Å². The van der Waals surface area contributed by atoms with Crippen LogP contribution >= 0.6 is 0 Å². The van der Waals surface area contributed by atoms with E-state index in [1.54, 1.807) is 4.90 Å². The van der Waals surface area contributed by atoms with Gasteiger partial charge in [-0.1, -0.05) is 60.7 Å². The fourth-order valence-electron chi connectivity index (χ4n) is 2.23. The second kappa shape index (κ2) is 7.55. The third-order valence-corrected chi connectivity index (χ3v) is 3.33. The molecule has 0 unspecified atom stereocenters. The molecule has 0 heterocycles. The molecule has 0 spiro atoms. The van der Waals surface area contributed by atoms with Gasteiger partial charge in [0.25, 0.3) is 0 Å². The molecule has 0 aromatic heterocycles. The molecule has 3 nitrogen and oxygen atoms in total. The van der Waals surface area contributed by atoms with Crippen molar-refractivity contribution in [3.63, 3.8) is 0 Å². The van der Waals surface area contributed by atoms with Gasteiger partial charge in [0.15, 0.2) is 0 Å². The second-order valence-corrected chi connectivity index (χ2v) is 4.88. The summed E-state index contributed by atoms with van der Waals surface area (Å²) in [5.74, 6) is -1.13. The molecule has 0 aliphatic rings. The molecule has 0 fully saturated rings. The number of carboxylic acids is 1. The molecule has 0 aliphatic heterocycles. The highest BCUT2D eigenvalue weighted by molar-refractivity contribution is 5.73. The first-order valence-electron chi connectivity index (χ1n) is 6.81. The number of nitrogens with zero attached hydrogens (tertiary/aromatic N) is 1. The molecule has 1 N–H and O–H groups in total. The van der Waals surface area contributed by atoms with Crippen molar-refractivity contribution in [1.82, 2.24) is 4.90 Å². The van der Waals surface area contributed by atoms with Gasteiger partial charge in [-0.25, -0.2) is 4.39 Å². The van der Waals surface area contributed by atoms with Crippen LogP contribution in [0.15, 0.2) is 60.7 Å². The van der Waals surface area contributed by atoms with E-state index in [0.29, 0.717) is 13.1 Å². The van der Waals surface area contributed by atoms with E-state index in [1.165, 1.54) is 0 Å². The van der Waals surface area contributed by atoms with Gasteiger partial charge in [-0.2, -0.15) is 0 Å². The molecule has 2 rings (SSSR count). The topological polar surface area (TPSA) is 40.5 Å². The second-order valence-electron chi connectivity index (χ2n) is 4.88. The standard InChI is InChI=1S/C17H18FNO2/c18-11-16(17(20)21)19(12-14-7-3-1-4-8-14)13-15-9-5-2-6-10-15/h1-10,16H,11-13H2,(H,20,21)/t16-/m1/s1. The Hall–Kier alpha value is -2.20. The summed E-state index contributed by atoms with van der Waals surface area (Å²) >= 11 is 0. The Kier molecular flexibility index (Phi) is 5.46. The Labute approximate surface area is 123 Å². The molecule has 0 saturated carbocycles. The molecule has 4 heteroatoms. The number of rotatable bonds is 7. The van der Waals surface area contributed by atoms with Crippen LogP contribution in [0.5, 0.6) is 0 Å². The Morgan fingerprint density at radius 3 is 1.71 bits per heavy atom. The highest BCUT2D eigenvalue weighted by atomic mass is 19.1. The van der Waals surface area contributed by atoms with Crippen LogP contribution in [0.2, 0.25) is 0 Å². The minimum Gasteiger partial charge on any atom is -0.480 e. The van der Waals surface area contributed by atoms with E-state index in [9.17, 15) is 14.3 Å². The fourth-order valence-corrected chi connectivity index (χ4v) is 2.23. The summed E-state index contributed by atoms with van der Waals surface area (Å²) in [6, 6.07) is 17.9. The molecule has 0 saturated heterocycles. The largest absolute Gasteiger partial charge is 0.480 e. The Balaban J connectivity index is 2.19. The van der Waals surface area contributed by atoms with Crippen molar-refractivity contribution in [2.75, 3.05) is 6.67 Å².